The summed E-state index contributed by atoms with van der Waals surface area (Å²) in [7, 11) is 3.96. The summed E-state index contributed by atoms with van der Waals surface area (Å²) in [6, 6.07) is 8.41. The van der Waals surface area contributed by atoms with E-state index in [-0.39, 0.29) is 23.3 Å². The van der Waals surface area contributed by atoms with E-state index in [9.17, 15) is 10.2 Å². The van der Waals surface area contributed by atoms with Gasteiger partial charge in [0.1, 0.15) is 5.82 Å². The summed E-state index contributed by atoms with van der Waals surface area (Å²) in [5, 5.41) is 24.5. The molecule has 4 fully saturated rings. The highest BCUT2D eigenvalue weighted by Crippen LogP contribution is 2.73. The molecule has 1 aromatic carbocycles. The van der Waals surface area contributed by atoms with Crippen LogP contribution in [0.1, 0.15) is 57.4 Å². The third-order valence-electron chi connectivity index (χ3n) is 11.3. The molecule has 0 radical (unpaired) electrons. The van der Waals surface area contributed by atoms with Gasteiger partial charge in [0.25, 0.3) is 0 Å². The second kappa shape index (κ2) is 7.70. The molecular formula is C30H38ClN3O3. The maximum Gasteiger partial charge on any atom is 0.123 e. The molecule has 3 aliphatic carbocycles. The minimum atomic E-state index is -0.821. The van der Waals surface area contributed by atoms with Gasteiger partial charge in [-0.1, -0.05) is 25.1 Å². The zero-order valence-electron chi connectivity index (χ0n) is 22.0. The number of pyridine rings is 1. The minimum Gasteiger partial charge on any atom is -0.390 e. The zero-order chi connectivity index (χ0) is 26.0. The Balaban J connectivity index is 1.26. The molecule has 7 heteroatoms. The minimum absolute atomic E-state index is 0.0422. The lowest BCUT2D eigenvalue weighted by atomic mass is 9.52. The number of nitrogen functional groups attached to an aromatic ring is 1. The van der Waals surface area contributed by atoms with Crippen molar-refractivity contribution in [2.24, 2.45) is 17.3 Å². The predicted molar refractivity (Wildman–Crippen MR) is 146 cm³/mol. The van der Waals surface area contributed by atoms with Crippen molar-refractivity contribution < 1.29 is 14.9 Å². The van der Waals surface area contributed by atoms with Crippen LogP contribution in [0.15, 0.2) is 36.5 Å². The molecule has 37 heavy (non-hydrogen) atoms. The van der Waals surface area contributed by atoms with Crippen molar-refractivity contribution >= 4 is 33.8 Å². The molecule has 2 saturated heterocycles. The topological polar surface area (TPSA) is 91.8 Å². The number of halogens is 1. The van der Waals surface area contributed by atoms with Crippen LogP contribution in [0.3, 0.4) is 0 Å². The van der Waals surface area contributed by atoms with Gasteiger partial charge in [0.05, 0.1) is 28.3 Å². The Morgan fingerprint density at radius 1 is 1.05 bits per heavy atom. The number of alkyl halides is 1. The second-order valence-corrected chi connectivity index (χ2v) is 13.8. The lowest BCUT2D eigenvalue weighted by molar-refractivity contribution is -0.276. The molecule has 7 rings (SSSR count). The summed E-state index contributed by atoms with van der Waals surface area (Å²) >= 11 is 7.63. The maximum atomic E-state index is 11.3. The van der Waals surface area contributed by atoms with E-state index < -0.39 is 28.3 Å². The molecule has 9 unspecified atom stereocenters. The van der Waals surface area contributed by atoms with Crippen LogP contribution in [0.4, 0.5) is 5.82 Å². The highest BCUT2D eigenvalue weighted by molar-refractivity contribution is 6.25. The van der Waals surface area contributed by atoms with Gasteiger partial charge >= 0.3 is 0 Å². The molecule has 2 aromatic rings. The first-order chi connectivity index (χ1) is 17.5. The summed E-state index contributed by atoms with van der Waals surface area (Å²) in [4.78, 5) is 5.83. The fourth-order valence-corrected chi connectivity index (χ4v) is 9.86. The molecular weight excluding hydrogens is 486 g/mol. The lowest BCUT2D eigenvalue weighted by Gasteiger charge is -2.65. The van der Waals surface area contributed by atoms with E-state index in [0.717, 1.165) is 49.3 Å². The van der Waals surface area contributed by atoms with E-state index in [1.54, 1.807) is 0 Å². The number of allylic oxidation sites excluding steroid dienone is 2. The number of aliphatic hydroxyl groups excluding tert-OH is 2. The first-order valence-electron chi connectivity index (χ1n) is 13.8. The highest BCUT2D eigenvalue weighted by atomic mass is 35.5. The Kier molecular flexibility index (Phi) is 5.06. The number of benzene rings is 1. The second-order valence-electron chi connectivity index (χ2n) is 13.0. The van der Waals surface area contributed by atoms with Gasteiger partial charge in [-0.15, -0.1) is 11.6 Å². The number of anilines is 1. The number of aliphatic hydroxyl groups is 2. The molecule has 2 aliphatic heterocycles. The Hall–Kier alpha value is -1.70. The SMILES string of the molecule is CN(C)C1CC23CCC4(O2)C2CC=C(c5ccc6cc(N)ncc6c5)C2(C)CCC4(Cl)CC3C(O)C1O. The van der Waals surface area contributed by atoms with Crippen LogP contribution in [0, 0.1) is 17.3 Å². The molecule has 3 heterocycles. The first kappa shape index (κ1) is 24.3. The fourth-order valence-electron chi connectivity index (χ4n) is 9.33. The number of fused-ring (bicyclic) bond motifs is 2. The Morgan fingerprint density at radius 2 is 1.86 bits per heavy atom. The van der Waals surface area contributed by atoms with Crippen LogP contribution in [0.25, 0.3) is 16.3 Å². The van der Waals surface area contributed by atoms with Crippen molar-refractivity contribution in [2.45, 2.75) is 86.2 Å². The monoisotopic (exact) mass is 523 g/mol. The highest BCUT2D eigenvalue weighted by Gasteiger charge is 2.76. The van der Waals surface area contributed by atoms with Crippen molar-refractivity contribution in [3.8, 4) is 0 Å². The van der Waals surface area contributed by atoms with Crippen molar-refractivity contribution in [1.29, 1.82) is 0 Å². The van der Waals surface area contributed by atoms with E-state index in [2.05, 4.69) is 36.2 Å². The number of hydrogen-bond donors (Lipinski definition) is 3. The van der Waals surface area contributed by atoms with Crippen molar-refractivity contribution in [1.82, 2.24) is 9.88 Å². The zero-order valence-corrected chi connectivity index (χ0v) is 22.7. The first-order valence-corrected chi connectivity index (χ1v) is 14.2. The number of hydrogen-bond acceptors (Lipinski definition) is 6. The normalized spacial score (nSPS) is 46.5. The van der Waals surface area contributed by atoms with Crippen LogP contribution in [-0.4, -0.2) is 68.5 Å². The standard InChI is InChI=1S/C30H38ClN3O3/c1-27-8-10-29(31)14-21-25(35)26(36)22(34(2)3)15-28(21)9-11-30(29,37-28)23(27)7-6-20(27)18-5-4-17-13-24(32)33-16-19(17)12-18/h4-6,12-13,16,21-23,25-26,35-36H,7-11,14-15H2,1-3H3,(H2,32,33). The molecule has 1 aromatic heterocycles. The summed E-state index contributed by atoms with van der Waals surface area (Å²) in [6.45, 7) is 2.41. The van der Waals surface area contributed by atoms with E-state index >= 15 is 0 Å². The Labute approximate surface area is 223 Å². The quantitative estimate of drug-likeness (QED) is 0.506. The van der Waals surface area contributed by atoms with Crippen LogP contribution in [0.2, 0.25) is 0 Å². The number of likely N-dealkylation sites (N-methyl/N-ethyl adjacent to an activating group) is 1. The van der Waals surface area contributed by atoms with Gasteiger partial charge in [0.15, 0.2) is 0 Å². The average molecular weight is 524 g/mol. The molecule has 2 bridgehead atoms. The number of rotatable bonds is 2. The van der Waals surface area contributed by atoms with Crippen LogP contribution in [-0.2, 0) is 4.74 Å². The molecule has 0 amide bonds. The molecule has 2 saturated carbocycles. The van der Waals surface area contributed by atoms with E-state index in [0.29, 0.717) is 12.2 Å². The number of nitrogens with two attached hydrogens (primary N) is 1. The van der Waals surface area contributed by atoms with Crippen LogP contribution < -0.4 is 5.73 Å². The van der Waals surface area contributed by atoms with Gasteiger partial charge in [-0.2, -0.15) is 0 Å². The largest absolute Gasteiger partial charge is 0.390 e. The number of nitrogens with zero attached hydrogens (tertiary/aromatic N) is 2. The van der Waals surface area contributed by atoms with Gasteiger partial charge in [0, 0.05) is 29.5 Å². The average Bonchev–Trinajstić information content (AvgIpc) is 3.39. The van der Waals surface area contributed by atoms with Crippen molar-refractivity contribution in [3.05, 3.63) is 42.1 Å². The van der Waals surface area contributed by atoms with E-state index in [4.69, 9.17) is 22.1 Å². The van der Waals surface area contributed by atoms with Gasteiger partial charge in [0.2, 0.25) is 0 Å². The number of aromatic nitrogens is 1. The van der Waals surface area contributed by atoms with Gasteiger partial charge in [-0.25, -0.2) is 4.98 Å². The van der Waals surface area contributed by atoms with Crippen molar-refractivity contribution in [2.75, 3.05) is 19.8 Å². The molecule has 2 spiro atoms. The van der Waals surface area contributed by atoms with Crippen molar-refractivity contribution in [3.63, 3.8) is 0 Å². The van der Waals surface area contributed by atoms with Gasteiger partial charge in [-0.3, -0.25) is 0 Å². The Bertz CT molecular complexity index is 1320. The summed E-state index contributed by atoms with van der Waals surface area (Å²) < 4.78 is 7.34. The van der Waals surface area contributed by atoms with Crippen LogP contribution >= 0.6 is 11.6 Å². The van der Waals surface area contributed by atoms with Crippen LogP contribution in [0.5, 0.6) is 0 Å². The van der Waals surface area contributed by atoms with E-state index in [1.165, 1.54) is 11.1 Å². The lowest BCUT2D eigenvalue weighted by Crippen LogP contribution is -2.72. The molecule has 6 nitrogen and oxygen atoms in total. The van der Waals surface area contributed by atoms with E-state index in [1.807, 2.05) is 31.3 Å². The molecule has 5 aliphatic rings. The smallest absolute Gasteiger partial charge is 0.123 e. The third-order valence-corrected chi connectivity index (χ3v) is 11.9. The molecule has 4 N–H and O–H groups in total. The fraction of sp³-hybridized carbons (Fsp3) is 0.633. The summed E-state index contributed by atoms with van der Waals surface area (Å²) in [6.07, 6.45) is 8.71. The third kappa shape index (κ3) is 3.05. The molecule has 198 valence electrons. The summed E-state index contributed by atoms with van der Waals surface area (Å²) in [5.41, 5.74) is 7.64. The summed E-state index contributed by atoms with van der Waals surface area (Å²) in [5.74, 6) is 0.686. The number of ether oxygens (including phenoxy) is 1. The Morgan fingerprint density at radius 3 is 2.65 bits per heavy atom. The van der Waals surface area contributed by atoms with Gasteiger partial charge < -0.3 is 25.6 Å². The van der Waals surface area contributed by atoms with Gasteiger partial charge in [-0.05, 0) is 93.1 Å². The maximum absolute atomic E-state index is 11.3. The predicted octanol–water partition coefficient (Wildman–Crippen LogP) is 4.36. The molecule has 9 atom stereocenters.